The molecule has 2 unspecified atom stereocenters. The van der Waals surface area contributed by atoms with Crippen LogP contribution in [-0.4, -0.2) is 17.5 Å². The van der Waals surface area contributed by atoms with Gasteiger partial charge in [0.05, 0.1) is 5.54 Å². The first-order chi connectivity index (χ1) is 12.1. The number of hydrogen-bond donors (Lipinski definition) is 1. The number of nitrogens with zero attached hydrogens (tertiary/aromatic N) is 1. The first-order valence-corrected chi connectivity index (χ1v) is 9.02. The molecular weight excluding hydrogens is 315 g/mol. The summed E-state index contributed by atoms with van der Waals surface area (Å²) in [5.41, 5.74) is 2.04. The summed E-state index contributed by atoms with van der Waals surface area (Å²) < 4.78 is 13.8. The van der Waals surface area contributed by atoms with Crippen molar-refractivity contribution in [2.24, 2.45) is 5.92 Å². The minimum Gasteiger partial charge on any atom is -0.314 e. The molecule has 2 aromatic rings. The zero-order chi connectivity index (χ0) is 17.4. The molecule has 2 aliphatic rings. The second kappa shape index (κ2) is 6.17. The number of rotatable bonds is 2. The fourth-order valence-corrected chi connectivity index (χ4v) is 4.55. The number of amides is 2. The van der Waals surface area contributed by atoms with Gasteiger partial charge in [-0.15, -0.1) is 0 Å². The molecule has 25 heavy (non-hydrogen) atoms. The maximum Gasteiger partial charge on any atom is 0.322 e. The largest absolute Gasteiger partial charge is 0.322 e. The Morgan fingerprint density at radius 3 is 2.72 bits per heavy atom. The Morgan fingerprint density at radius 1 is 1.16 bits per heavy atom. The standard InChI is InChI=1S/C21H23FN2O/c1-15-18(22)11-7-12-19(15)23-20(25)24-14-17-10-5-6-13-21(17,24)16-8-3-2-4-9-16/h2-4,7-9,11-12,17H,5-6,10,13-14H2,1H3,(H,23,25). The van der Waals surface area contributed by atoms with Gasteiger partial charge in [0.2, 0.25) is 0 Å². The monoisotopic (exact) mass is 338 g/mol. The van der Waals surface area contributed by atoms with Gasteiger partial charge in [-0.25, -0.2) is 9.18 Å². The van der Waals surface area contributed by atoms with Gasteiger partial charge in [-0.3, -0.25) is 0 Å². The third-order valence-electron chi connectivity index (χ3n) is 5.95. The number of carbonyl (C=O) groups excluding carboxylic acids is 1. The number of benzene rings is 2. The number of halogens is 1. The van der Waals surface area contributed by atoms with Crippen LogP contribution in [0.1, 0.15) is 36.8 Å². The minimum absolute atomic E-state index is 0.129. The maximum atomic E-state index is 13.8. The smallest absolute Gasteiger partial charge is 0.314 e. The molecule has 0 bridgehead atoms. The highest BCUT2D eigenvalue weighted by molar-refractivity contribution is 5.91. The van der Waals surface area contributed by atoms with Crippen LogP contribution < -0.4 is 5.32 Å². The normalized spacial score (nSPS) is 25.0. The molecule has 1 aliphatic heterocycles. The molecular formula is C21H23FN2O. The molecule has 1 saturated heterocycles. The summed E-state index contributed by atoms with van der Waals surface area (Å²) in [6.07, 6.45) is 4.53. The molecule has 2 fully saturated rings. The fourth-order valence-electron chi connectivity index (χ4n) is 4.55. The highest BCUT2D eigenvalue weighted by Gasteiger charge is 2.57. The molecule has 4 heteroatoms. The van der Waals surface area contributed by atoms with E-state index in [-0.39, 0.29) is 17.4 Å². The summed E-state index contributed by atoms with van der Waals surface area (Å²) in [5.74, 6) is 0.220. The van der Waals surface area contributed by atoms with Crippen LogP contribution in [0, 0.1) is 18.7 Å². The van der Waals surface area contributed by atoms with E-state index in [1.807, 2.05) is 23.1 Å². The van der Waals surface area contributed by atoms with Crippen molar-refractivity contribution in [2.45, 2.75) is 38.1 Å². The van der Waals surface area contributed by atoms with Crippen molar-refractivity contribution in [3.63, 3.8) is 0 Å². The number of urea groups is 1. The van der Waals surface area contributed by atoms with E-state index < -0.39 is 0 Å². The van der Waals surface area contributed by atoms with Crippen molar-refractivity contribution in [1.82, 2.24) is 4.90 Å². The Labute approximate surface area is 147 Å². The highest BCUT2D eigenvalue weighted by Crippen LogP contribution is 2.53. The second-order valence-electron chi connectivity index (χ2n) is 7.19. The third-order valence-corrected chi connectivity index (χ3v) is 5.95. The number of carbonyl (C=O) groups is 1. The van der Waals surface area contributed by atoms with Gasteiger partial charge in [-0.2, -0.15) is 0 Å². The van der Waals surface area contributed by atoms with E-state index in [4.69, 9.17) is 0 Å². The summed E-state index contributed by atoms with van der Waals surface area (Å²) in [6.45, 7) is 2.46. The fraction of sp³-hybridized carbons (Fsp3) is 0.381. The lowest BCUT2D eigenvalue weighted by Gasteiger charge is -2.61. The molecule has 2 amide bonds. The first-order valence-electron chi connectivity index (χ1n) is 9.02. The van der Waals surface area contributed by atoms with Gasteiger partial charge >= 0.3 is 6.03 Å². The second-order valence-corrected chi connectivity index (χ2v) is 7.19. The van der Waals surface area contributed by atoms with Gasteiger partial charge in [0.15, 0.2) is 0 Å². The van der Waals surface area contributed by atoms with Crippen LogP contribution in [0.5, 0.6) is 0 Å². The van der Waals surface area contributed by atoms with E-state index in [0.29, 0.717) is 17.2 Å². The van der Waals surface area contributed by atoms with Crippen molar-refractivity contribution < 1.29 is 9.18 Å². The van der Waals surface area contributed by atoms with Crippen molar-refractivity contribution >= 4 is 11.7 Å². The summed E-state index contributed by atoms with van der Waals surface area (Å²) in [6, 6.07) is 15.0. The first kappa shape index (κ1) is 16.1. The summed E-state index contributed by atoms with van der Waals surface area (Å²) in [5, 5.41) is 2.93. The van der Waals surface area contributed by atoms with E-state index in [1.54, 1.807) is 19.1 Å². The molecule has 2 aromatic carbocycles. The molecule has 130 valence electrons. The number of nitrogens with one attached hydrogen (secondary N) is 1. The Bertz CT molecular complexity index is 792. The zero-order valence-electron chi connectivity index (χ0n) is 14.5. The predicted octanol–water partition coefficient (Wildman–Crippen LogP) is 5.07. The topological polar surface area (TPSA) is 32.3 Å². The number of anilines is 1. The molecule has 0 spiro atoms. The molecule has 3 nitrogen and oxygen atoms in total. The third kappa shape index (κ3) is 2.51. The molecule has 1 N–H and O–H groups in total. The van der Waals surface area contributed by atoms with Gasteiger partial charge in [0.1, 0.15) is 5.82 Å². The Hall–Kier alpha value is -2.36. The van der Waals surface area contributed by atoms with Gasteiger partial charge in [-0.1, -0.05) is 49.2 Å². The average molecular weight is 338 g/mol. The average Bonchev–Trinajstić information content (AvgIpc) is 2.61. The molecule has 0 radical (unpaired) electrons. The zero-order valence-corrected chi connectivity index (χ0v) is 14.5. The van der Waals surface area contributed by atoms with E-state index in [1.165, 1.54) is 18.1 Å². The van der Waals surface area contributed by atoms with E-state index in [9.17, 15) is 9.18 Å². The SMILES string of the molecule is Cc1c(F)cccc1NC(=O)N1CC2CCCCC21c1ccccc1. The Balaban J connectivity index is 1.63. The molecule has 1 aliphatic carbocycles. The molecule has 2 atom stereocenters. The molecule has 4 rings (SSSR count). The minimum atomic E-state index is -0.297. The van der Waals surface area contributed by atoms with Gasteiger partial charge < -0.3 is 10.2 Å². The summed E-state index contributed by atoms with van der Waals surface area (Å²) in [4.78, 5) is 14.9. The molecule has 0 aromatic heterocycles. The summed E-state index contributed by atoms with van der Waals surface area (Å²) in [7, 11) is 0. The lowest BCUT2D eigenvalue weighted by atomic mass is 9.62. The number of likely N-dealkylation sites (tertiary alicyclic amines) is 1. The van der Waals surface area contributed by atoms with Crippen LogP contribution in [0.25, 0.3) is 0 Å². The van der Waals surface area contributed by atoms with Crippen LogP contribution in [0.2, 0.25) is 0 Å². The Morgan fingerprint density at radius 2 is 1.96 bits per heavy atom. The van der Waals surface area contributed by atoms with Crippen molar-refractivity contribution in [1.29, 1.82) is 0 Å². The number of fused-ring (bicyclic) bond motifs is 1. The van der Waals surface area contributed by atoms with Crippen molar-refractivity contribution in [3.05, 3.63) is 65.5 Å². The van der Waals surface area contributed by atoms with E-state index in [2.05, 4.69) is 17.4 Å². The van der Waals surface area contributed by atoms with Gasteiger partial charge in [-0.05, 0) is 37.5 Å². The van der Waals surface area contributed by atoms with E-state index >= 15 is 0 Å². The lowest BCUT2D eigenvalue weighted by Crippen LogP contribution is -2.68. The predicted molar refractivity (Wildman–Crippen MR) is 96.9 cm³/mol. The van der Waals surface area contributed by atoms with Crippen LogP contribution in [0.15, 0.2) is 48.5 Å². The van der Waals surface area contributed by atoms with Crippen molar-refractivity contribution in [2.75, 3.05) is 11.9 Å². The van der Waals surface area contributed by atoms with Gasteiger partial charge in [0.25, 0.3) is 0 Å². The lowest BCUT2D eigenvalue weighted by molar-refractivity contribution is -0.0756. The maximum absolute atomic E-state index is 13.8. The van der Waals surface area contributed by atoms with Crippen LogP contribution >= 0.6 is 0 Å². The number of hydrogen-bond acceptors (Lipinski definition) is 1. The molecule has 1 saturated carbocycles. The molecule has 1 heterocycles. The quantitative estimate of drug-likeness (QED) is 0.815. The van der Waals surface area contributed by atoms with E-state index in [0.717, 1.165) is 25.8 Å². The summed E-state index contributed by atoms with van der Waals surface area (Å²) >= 11 is 0. The Kier molecular flexibility index (Phi) is 3.98. The van der Waals surface area contributed by atoms with Crippen LogP contribution in [0.4, 0.5) is 14.9 Å². The highest BCUT2D eigenvalue weighted by atomic mass is 19.1. The van der Waals surface area contributed by atoms with Crippen LogP contribution in [-0.2, 0) is 5.54 Å². The van der Waals surface area contributed by atoms with Crippen LogP contribution in [0.3, 0.4) is 0 Å². The van der Waals surface area contributed by atoms with Gasteiger partial charge in [0, 0.05) is 23.7 Å². The van der Waals surface area contributed by atoms with Crippen molar-refractivity contribution in [3.8, 4) is 0 Å².